The largest absolute Gasteiger partial charge is 0.484 e. The van der Waals surface area contributed by atoms with Crippen LogP contribution in [-0.4, -0.2) is 19.1 Å². The number of anilines is 1. The molecule has 0 aliphatic carbocycles. The monoisotopic (exact) mass is 405 g/mol. The molecule has 4 nitrogen and oxygen atoms in total. The van der Waals surface area contributed by atoms with Crippen LogP contribution in [-0.2, 0) is 4.79 Å². The summed E-state index contributed by atoms with van der Waals surface area (Å²) in [4.78, 5) is 11.8. The maximum Gasteiger partial charge on any atom is 0.387 e. The first-order valence-corrected chi connectivity index (χ1v) is 7.54. The molecule has 0 bridgehead atoms. The van der Waals surface area contributed by atoms with E-state index < -0.39 is 12.5 Å². The van der Waals surface area contributed by atoms with Crippen molar-refractivity contribution in [2.75, 3.05) is 11.9 Å². The minimum atomic E-state index is -2.97. The van der Waals surface area contributed by atoms with Crippen LogP contribution in [0.4, 0.5) is 14.5 Å². The van der Waals surface area contributed by atoms with Crippen LogP contribution in [0.1, 0.15) is 0 Å². The molecule has 0 fully saturated rings. The molecule has 23 heavy (non-hydrogen) atoms. The van der Waals surface area contributed by atoms with E-state index in [0.717, 1.165) is 4.47 Å². The molecule has 122 valence electrons. The molecule has 2 rings (SSSR count). The number of carbonyl (C=O) groups excluding carboxylic acids is 1. The van der Waals surface area contributed by atoms with Crippen molar-refractivity contribution in [3.8, 4) is 11.5 Å². The lowest BCUT2D eigenvalue weighted by Crippen LogP contribution is -2.20. The van der Waals surface area contributed by atoms with Crippen LogP contribution in [0.3, 0.4) is 0 Å². The van der Waals surface area contributed by atoms with E-state index in [1.165, 1.54) is 18.2 Å². The quantitative estimate of drug-likeness (QED) is 0.755. The molecule has 1 amide bonds. The number of halogens is 4. The van der Waals surface area contributed by atoms with E-state index in [4.69, 9.17) is 16.3 Å². The highest BCUT2D eigenvalue weighted by molar-refractivity contribution is 9.10. The zero-order valence-electron chi connectivity index (χ0n) is 11.6. The lowest BCUT2D eigenvalue weighted by Gasteiger charge is -2.10. The number of hydrogen-bond donors (Lipinski definition) is 1. The Bertz CT molecular complexity index is 700. The minimum absolute atomic E-state index is 0.0315. The maximum atomic E-state index is 12.1. The molecule has 0 heterocycles. The number of amides is 1. The van der Waals surface area contributed by atoms with Gasteiger partial charge in [-0.15, -0.1) is 0 Å². The van der Waals surface area contributed by atoms with Crippen molar-refractivity contribution in [2.24, 2.45) is 0 Å². The molecule has 0 aliphatic heterocycles. The van der Waals surface area contributed by atoms with Gasteiger partial charge in [0.15, 0.2) is 6.61 Å². The molecule has 0 unspecified atom stereocenters. The number of nitrogens with one attached hydrogen (secondary N) is 1. The predicted molar refractivity (Wildman–Crippen MR) is 86.4 cm³/mol. The highest BCUT2D eigenvalue weighted by Crippen LogP contribution is 2.28. The Morgan fingerprint density at radius 3 is 2.70 bits per heavy atom. The Hall–Kier alpha value is -1.86. The molecule has 1 N–H and O–H groups in total. The lowest BCUT2D eigenvalue weighted by molar-refractivity contribution is -0.118. The van der Waals surface area contributed by atoms with Crippen molar-refractivity contribution in [1.29, 1.82) is 0 Å². The van der Waals surface area contributed by atoms with Crippen LogP contribution in [0.15, 0.2) is 46.9 Å². The van der Waals surface area contributed by atoms with Crippen LogP contribution >= 0.6 is 27.5 Å². The molecule has 0 aliphatic rings. The van der Waals surface area contributed by atoms with Gasteiger partial charge in [0.25, 0.3) is 5.91 Å². The molecule has 2 aromatic carbocycles. The molecule has 0 saturated carbocycles. The first kappa shape index (κ1) is 17.5. The summed E-state index contributed by atoms with van der Waals surface area (Å²) in [5, 5.41) is 2.51. The minimum Gasteiger partial charge on any atom is -0.484 e. The third kappa shape index (κ3) is 5.69. The van der Waals surface area contributed by atoms with Gasteiger partial charge < -0.3 is 14.8 Å². The van der Waals surface area contributed by atoms with Crippen molar-refractivity contribution in [2.45, 2.75) is 6.61 Å². The van der Waals surface area contributed by atoms with Gasteiger partial charge in [-0.05, 0) is 36.4 Å². The molecule has 0 atom stereocenters. The van der Waals surface area contributed by atoms with Crippen molar-refractivity contribution in [3.63, 3.8) is 0 Å². The standard InChI is InChI=1S/C15H11BrClF2NO3/c16-9-2-1-3-11(6-9)22-8-14(21)20-10-4-5-13(12(17)7-10)23-15(18)19/h1-7,15H,8H2,(H,20,21). The Kier molecular flexibility index (Phi) is 6.18. The number of hydrogen-bond acceptors (Lipinski definition) is 3. The molecular formula is C15H11BrClF2NO3. The molecule has 8 heteroatoms. The third-order valence-electron chi connectivity index (χ3n) is 2.60. The predicted octanol–water partition coefficient (Wildman–Crippen LogP) is 4.72. The summed E-state index contributed by atoms with van der Waals surface area (Å²) in [6.07, 6.45) is 0. The Labute approximate surface area is 144 Å². The Morgan fingerprint density at radius 1 is 1.26 bits per heavy atom. The SMILES string of the molecule is O=C(COc1cccc(Br)c1)Nc1ccc(OC(F)F)c(Cl)c1. The molecular weight excluding hydrogens is 396 g/mol. The zero-order valence-corrected chi connectivity index (χ0v) is 13.9. The van der Waals surface area contributed by atoms with E-state index in [9.17, 15) is 13.6 Å². The first-order valence-electron chi connectivity index (χ1n) is 6.36. The second kappa shape index (κ2) is 8.12. The van der Waals surface area contributed by atoms with Gasteiger partial charge in [-0.3, -0.25) is 4.79 Å². The van der Waals surface area contributed by atoms with E-state index >= 15 is 0 Å². The fraction of sp³-hybridized carbons (Fsp3) is 0.133. The molecule has 2 aromatic rings. The molecule has 0 saturated heterocycles. The van der Waals surface area contributed by atoms with Gasteiger partial charge in [-0.2, -0.15) is 8.78 Å². The van der Waals surface area contributed by atoms with Crippen LogP contribution < -0.4 is 14.8 Å². The van der Waals surface area contributed by atoms with Crippen LogP contribution in [0.2, 0.25) is 5.02 Å². The maximum absolute atomic E-state index is 12.1. The van der Waals surface area contributed by atoms with Gasteiger partial charge in [0.05, 0.1) is 5.02 Å². The summed E-state index contributed by atoms with van der Waals surface area (Å²) in [5.74, 6) is -0.0399. The summed E-state index contributed by atoms with van der Waals surface area (Å²) in [6.45, 7) is -3.17. The number of alkyl halides is 2. The van der Waals surface area contributed by atoms with E-state index in [-0.39, 0.29) is 17.4 Å². The van der Waals surface area contributed by atoms with Crippen molar-refractivity contribution in [1.82, 2.24) is 0 Å². The summed E-state index contributed by atoms with van der Waals surface area (Å²) in [5.41, 5.74) is 0.347. The average Bonchev–Trinajstić information content (AvgIpc) is 2.48. The normalized spacial score (nSPS) is 10.5. The van der Waals surface area contributed by atoms with Gasteiger partial charge in [0.1, 0.15) is 11.5 Å². The number of rotatable bonds is 6. The first-order chi connectivity index (χ1) is 10.9. The van der Waals surface area contributed by atoms with E-state index in [1.54, 1.807) is 18.2 Å². The fourth-order valence-corrected chi connectivity index (χ4v) is 2.28. The average molecular weight is 407 g/mol. The summed E-state index contributed by atoms with van der Waals surface area (Å²) in [6, 6.07) is 11.0. The van der Waals surface area contributed by atoms with Crippen LogP contribution in [0, 0.1) is 0 Å². The summed E-state index contributed by atoms with van der Waals surface area (Å²) < 4.78 is 34.6. The Balaban J connectivity index is 1.91. The van der Waals surface area contributed by atoms with Gasteiger partial charge in [-0.25, -0.2) is 0 Å². The number of benzene rings is 2. The Morgan fingerprint density at radius 2 is 2.04 bits per heavy atom. The second-order valence-corrected chi connectivity index (χ2v) is 5.64. The van der Waals surface area contributed by atoms with Crippen molar-refractivity contribution in [3.05, 3.63) is 52.0 Å². The topological polar surface area (TPSA) is 47.6 Å². The van der Waals surface area contributed by atoms with Crippen molar-refractivity contribution < 1.29 is 23.0 Å². The smallest absolute Gasteiger partial charge is 0.387 e. The highest BCUT2D eigenvalue weighted by atomic mass is 79.9. The van der Waals surface area contributed by atoms with E-state index in [1.807, 2.05) is 6.07 Å². The van der Waals surface area contributed by atoms with Crippen LogP contribution in [0.5, 0.6) is 11.5 Å². The zero-order chi connectivity index (χ0) is 16.8. The van der Waals surface area contributed by atoms with Gasteiger partial charge in [0, 0.05) is 10.2 Å². The number of ether oxygens (including phenoxy) is 2. The van der Waals surface area contributed by atoms with E-state index in [0.29, 0.717) is 11.4 Å². The molecule has 0 spiro atoms. The van der Waals surface area contributed by atoms with Crippen LogP contribution in [0.25, 0.3) is 0 Å². The number of carbonyl (C=O) groups is 1. The highest BCUT2D eigenvalue weighted by Gasteiger charge is 2.10. The van der Waals surface area contributed by atoms with Gasteiger partial charge in [-0.1, -0.05) is 33.6 Å². The van der Waals surface area contributed by atoms with Gasteiger partial charge in [0.2, 0.25) is 0 Å². The second-order valence-electron chi connectivity index (χ2n) is 4.32. The third-order valence-corrected chi connectivity index (χ3v) is 3.39. The van der Waals surface area contributed by atoms with Gasteiger partial charge >= 0.3 is 6.61 Å². The molecule has 0 radical (unpaired) electrons. The fourth-order valence-electron chi connectivity index (χ4n) is 1.67. The van der Waals surface area contributed by atoms with E-state index in [2.05, 4.69) is 26.0 Å². The van der Waals surface area contributed by atoms with Crippen molar-refractivity contribution >= 4 is 39.1 Å². The summed E-state index contributed by atoms with van der Waals surface area (Å²) in [7, 11) is 0. The summed E-state index contributed by atoms with van der Waals surface area (Å²) >= 11 is 9.10. The lowest BCUT2D eigenvalue weighted by atomic mass is 10.3. The molecule has 0 aromatic heterocycles.